The molecule has 0 bridgehead atoms. The molecule has 0 amide bonds. The summed E-state index contributed by atoms with van der Waals surface area (Å²) in [5.41, 5.74) is 0.0497. The fourth-order valence-electron chi connectivity index (χ4n) is 2.74. The maximum absolute atomic E-state index is 12.7. The minimum absolute atomic E-state index is 0.0497. The third-order valence-corrected chi connectivity index (χ3v) is 5.72. The SMILES string of the molecule is CNCCCn1cc(S(=O)(=O)N2CCCC(C)(C)C2)cn1. The molecule has 1 N–H and O–H groups in total. The van der Waals surface area contributed by atoms with Gasteiger partial charge >= 0.3 is 0 Å². The Labute approximate surface area is 127 Å². The molecule has 1 fully saturated rings. The van der Waals surface area contributed by atoms with Gasteiger partial charge in [0, 0.05) is 25.8 Å². The predicted octanol–water partition coefficient (Wildman–Crippen LogP) is 1.30. The molecule has 1 aromatic rings. The number of hydrogen-bond acceptors (Lipinski definition) is 4. The van der Waals surface area contributed by atoms with Gasteiger partial charge in [-0.25, -0.2) is 8.42 Å². The van der Waals surface area contributed by atoms with Crippen LogP contribution in [0, 0.1) is 5.41 Å². The average Bonchev–Trinajstić information content (AvgIpc) is 2.87. The molecule has 2 heterocycles. The first-order valence-corrected chi connectivity index (χ1v) is 8.96. The second-order valence-electron chi connectivity index (χ2n) is 6.50. The van der Waals surface area contributed by atoms with Crippen molar-refractivity contribution in [2.45, 2.75) is 44.6 Å². The van der Waals surface area contributed by atoms with E-state index < -0.39 is 10.0 Å². The number of sulfonamides is 1. The summed E-state index contributed by atoms with van der Waals surface area (Å²) >= 11 is 0. The first-order valence-electron chi connectivity index (χ1n) is 7.52. The summed E-state index contributed by atoms with van der Waals surface area (Å²) in [6.45, 7) is 7.05. The zero-order chi connectivity index (χ0) is 15.5. The summed E-state index contributed by atoms with van der Waals surface area (Å²) in [6, 6.07) is 0. The van der Waals surface area contributed by atoms with Crippen LogP contribution < -0.4 is 5.32 Å². The predicted molar refractivity (Wildman–Crippen MR) is 82.5 cm³/mol. The van der Waals surface area contributed by atoms with Crippen LogP contribution in [-0.2, 0) is 16.6 Å². The molecule has 21 heavy (non-hydrogen) atoms. The normalized spacial score (nSPS) is 19.8. The van der Waals surface area contributed by atoms with Gasteiger partial charge in [0.25, 0.3) is 0 Å². The van der Waals surface area contributed by atoms with Crippen molar-refractivity contribution in [2.24, 2.45) is 5.41 Å². The van der Waals surface area contributed by atoms with Crippen molar-refractivity contribution in [1.29, 1.82) is 0 Å². The Hall–Kier alpha value is -0.920. The topological polar surface area (TPSA) is 67.2 Å². The summed E-state index contributed by atoms with van der Waals surface area (Å²) in [5, 5.41) is 7.24. The summed E-state index contributed by atoms with van der Waals surface area (Å²) in [6.07, 6.45) is 6.03. The number of aryl methyl sites for hydroxylation is 1. The van der Waals surface area contributed by atoms with Crippen molar-refractivity contribution in [3.63, 3.8) is 0 Å². The van der Waals surface area contributed by atoms with E-state index >= 15 is 0 Å². The Kier molecular flexibility index (Phi) is 5.06. The first-order chi connectivity index (χ1) is 9.85. The van der Waals surface area contributed by atoms with Gasteiger partial charge in [0.15, 0.2) is 0 Å². The van der Waals surface area contributed by atoms with Crippen LogP contribution in [-0.4, -0.2) is 49.2 Å². The Balaban J connectivity index is 2.09. The van der Waals surface area contributed by atoms with Crippen molar-refractivity contribution >= 4 is 10.0 Å². The molecule has 2 rings (SSSR count). The largest absolute Gasteiger partial charge is 0.320 e. The average molecular weight is 314 g/mol. The molecule has 7 heteroatoms. The Morgan fingerprint density at radius 2 is 2.19 bits per heavy atom. The Morgan fingerprint density at radius 1 is 1.43 bits per heavy atom. The van der Waals surface area contributed by atoms with Crippen LogP contribution in [0.3, 0.4) is 0 Å². The Bertz CT molecular complexity index is 565. The minimum atomic E-state index is -3.41. The van der Waals surface area contributed by atoms with Gasteiger partial charge in [-0.05, 0) is 38.3 Å². The lowest BCUT2D eigenvalue weighted by Gasteiger charge is -2.36. The van der Waals surface area contributed by atoms with Crippen LogP contribution in [0.15, 0.2) is 17.3 Å². The molecule has 0 spiro atoms. The van der Waals surface area contributed by atoms with Crippen molar-refractivity contribution in [1.82, 2.24) is 19.4 Å². The van der Waals surface area contributed by atoms with Crippen LogP contribution in [0.25, 0.3) is 0 Å². The van der Waals surface area contributed by atoms with E-state index in [1.807, 2.05) is 7.05 Å². The number of piperidine rings is 1. The van der Waals surface area contributed by atoms with Crippen LogP contribution >= 0.6 is 0 Å². The van der Waals surface area contributed by atoms with Gasteiger partial charge < -0.3 is 5.32 Å². The maximum Gasteiger partial charge on any atom is 0.246 e. The maximum atomic E-state index is 12.7. The molecular weight excluding hydrogens is 288 g/mol. The van der Waals surface area contributed by atoms with Gasteiger partial charge in [0.05, 0.1) is 6.20 Å². The first kappa shape index (κ1) is 16.5. The molecule has 0 aliphatic carbocycles. The molecule has 1 aliphatic rings. The van der Waals surface area contributed by atoms with E-state index in [1.54, 1.807) is 15.2 Å². The van der Waals surface area contributed by atoms with Gasteiger partial charge in [-0.2, -0.15) is 9.40 Å². The molecule has 6 nitrogen and oxygen atoms in total. The van der Waals surface area contributed by atoms with E-state index in [4.69, 9.17) is 0 Å². The second kappa shape index (κ2) is 6.46. The molecule has 0 atom stereocenters. The zero-order valence-electron chi connectivity index (χ0n) is 13.2. The van der Waals surface area contributed by atoms with E-state index in [9.17, 15) is 8.42 Å². The summed E-state index contributed by atoms with van der Waals surface area (Å²) in [5.74, 6) is 0. The fourth-order valence-corrected chi connectivity index (χ4v) is 4.36. The molecule has 1 saturated heterocycles. The number of nitrogens with one attached hydrogen (secondary N) is 1. The molecule has 0 saturated carbocycles. The van der Waals surface area contributed by atoms with Crippen LogP contribution in [0.1, 0.15) is 33.1 Å². The molecule has 1 aromatic heterocycles. The lowest BCUT2D eigenvalue weighted by molar-refractivity contribution is 0.187. The van der Waals surface area contributed by atoms with Crippen LogP contribution in [0.4, 0.5) is 0 Å². The molecule has 1 aliphatic heterocycles. The molecule has 0 radical (unpaired) electrons. The van der Waals surface area contributed by atoms with Gasteiger partial charge in [-0.3, -0.25) is 4.68 Å². The van der Waals surface area contributed by atoms with E-state index in [2.05, 4.69) is 24.3 Å². The van der Waals surface area contributed by atoms with Gasteiger partial charge in [-0.15, -0.1) is 0 Å². The summed E-state index contributed by atoms with van der Waals surface area (Å²) in [4.78, 5) is 0.310. The van der Waals surface area contributed by atoms with E-state index in [1.165, 1.54) is 6.20 Å². The number of aromatic nitrogens is 2. The highest BCUT2D eigenvalue weighted by atomic mass is 32.2. The van der Waals surface area contributed by atoms with Crippen molar-refractivity contribution in [3.05, 3.63) is 12.4 Å². The molecule has 0 aromatic carbocycles. The third kappa shape index (κ3) is 4.05. The highest BCUT2D eigenvalue weighted by Gasteiger charge is 2.34. The summed E-state index contributed by atoms with van der Waals surface area (Å²) < 4.78 is 28.7. The van der Waals surface area contributed by atoms with Crippen molar-refractivity contribution < 1.29 is 8.42 Å². The standard InChI is InChI=1S/C14H26N4O2S/c1-14(2)6-4-9-18(12-14)21(19,20)13-10-16-17(11-13)8-5-7-15-3/h10-11,15H,4-9,12H2,1-3H3. The highest BCUT2D eigenvalue weighted by molar-refractivity contribution is 7.89. The van der Waals surface area contributed by atoms with Crippen molar-refractivity contribution in [2.75, 3.05) is 26.7 Å². The molecular formula is C14H26N4O2S. The van der Waals surface area contributed by atoms with E-state index in [0.29, 0.717) is 18.0 Å². The number of hydrogen-bond donors (Lipinski definition) is 1. The quantitative estimate of drug-likeness (QED) is 0.804. The van der Waals surface area contributed by atoms with Gasteiger partial charge in [0.1, 0.15) is 4.90 Å². The number of rotatable bonds is 6. The molecule has 0 unspecified atom stereocenters. The fraction of sp³-hybridized carbons (Fsp3) is 0.786. The van der Waals surface area contributed by atoms with Gasteiger partial charge in [0.2, 0.25) is 10.0 Å². The Morgan fingerprint density at radius 3 is 2.86 bits per heavy atom. The van der Waals surface area contributed by atoms with Crippen LogP contribution in [0.2, 0.25) is 0 Å². The van der Waals surface area contributed by atoms with Crippen molar-refractivity contribution in [3.8, 4) is 0 Å². The van der Waals surface area contributed by atoms with E-state index in [0.717, 1.165) is 32.4 Å². The lowest BCUT2D eigenvalue weighted by Crippen LogP contribution is -2.43. The van der Waals surface area contributed by atoms with Crippen LogP contribution in [0.5, 0.6) is 0 Å². The monoisotopic (exact) mass is 314 g/mol. The van der Waals surface area contributed by atoms with E-state index in [-0.39, 0.29) is 5.41 Å². The molecule has 120 valence electrons. The smallest absolute Gasteiger partial charge is 0.246 e. The third-order valence-electron chi connectivity index (χ3n) is 3.93. The number of nitrogens with zero attached hydrogens (tertiary/aromatic N) is 3. The zero-order valence-corrected chi connectivity index (χ0v) is 14.0. The highest BCUT2D eigenvalue weighted by Crippen LogP contribution is 2.31. The summed E-state index contributed by atoms with van der Waals surface area (Å²) in [7, 11) is -1.51. The van der Waals surface area contributed by atoms with Gasteiger partial charge in [-0.1, -0.05) is 13.8 Å². The lowest BCUT2D eigenvalue weighted by atomic mass is 9.85. The minimum Gasteiger partial charge on any atom is -0.320 e. The second-order valence-corrected chi connectivity index (χ2v) is 8.44.